The van der Waals surface area contributed by atoms with Gasteiger partial charge in [0.25, 0.3) is 6.33 Å². The van der Waals surface area contributed by atoms with Gasteiger partial charge < -0.3 is 14.7 Å². The maximum atomic E-state index is 11.3. The lowest BCUT2D eigenvalue weighted by atomic mass is 10.3. The Hall–Kier alpha value is -2.05. The fourth-order valence-corrected chi connectivity index (χ4v) is 1.61. The van der Waals surface area contributed by atoms with Gasteiger partial charge in [-0.15, -0.1) is 4.68 Å². The van der Waals surface area contributed by atoms with E-state index in [1.807, 2.05) is 0 Å². The van der Waals surface area contributed by atoms with Crippen LogP contribution in [-0.4, -0.2) is 33.6 Å². The number of fused-ring (bicyclic) bond motifs is 1. The summed E-state index contributed by atoms with van der Waals surface area (Å²) in [5.74, 6) is -0.0490. The summed E-state index contributed by atoms with van der Waals surface area (Å²) in [5.41, 5.74) is 0. The van der Waals surface area contributed by atoms with Gasteiger partial charge in [0.2, 0.25) is 12.3 Å². The summed E-state index contributed by atoms with van der Waals surface area (Å²) in [7, 11) is 0. The van der Waals surface area contributed by atoms with Gasteiger partial charge in [-0.2, -0.15) is 0 Å². The molecule has 0 saturated heterocycles. The van der Waals surface area contributed by atoms with E-state index in [2.05, 4.69) is 5.10 Å². The van der Waals surface area contributed by atoms with Crippen LogP contribution in [0.3, 0.4) is 0 Å². The molecule has 0 saturated carbocycles. The summed E-state index contributed by atoms with van der Waals surface area (Å²) in [6.07, 6.45) is 2.69. The highest BCUT2D eigenvalue weighted by molar-refractivity contribution is 5.67. The fraction of sp³-hybridized carbons (Fsp3) is 0.500. The van der Waals surface area contributed by atoms with Crippen molar-refractivity contribution < 1.29 is 24.2 Å². The average Bonchev–Trinajstić information content (AvgIpc) is 2.61. The van der Waals surface area contributed by atoms with Crippen LogP contribution in [0, 0.1) is 0 Å². The number of aliphatic hydroxyl groups is 1. The van der Waals surface area contributed by atoms with Crippen molar-refractivity contribution in [3.05, 3.63) is 18.2 Å². The molecule has 92 valence electrons. The van der Waals surface area contributed by atoms with E-state index in [-0.39, 0.29) is 18.4 Å². The van der Waals surface area contributed by atoms with E-state index in [0.29, 0.717) is 12.4 Å². The van der Waals surface area contributed by atoms with Gasteiger partial charge >= 0.3 is 11.8 Å². The van der Waals surface area contributed by atoms with Gasteiger partial charge in [0, 0.05) is 6.08 Å². The SMILES string of the molecule is CCOC(=O)C[n+]1ncn2c1C(O)=CC(C)O2. The Morgan fingerprint density at radius 1 is 1.76 bits per heavy atom. The Bertz CT molecular complexity index is 466. The van der Waals surface area contributed by atoms with Gasteiger partial charge in [-0.1, -0.05) is 0 Å². The summed E-state index contributed by atoms with van der Waals surface area (Å²) >= 11 is 0. The normalized spacial score (nSPS) is 18.0. The van der Waals surface area contributed by atoms with E-state index in [1.165, 1.54) is 15.7 Å². The van der Waals surface area contributed by atoms with E-state index in [1.54, 1.807) is 19.9 Å². The summed E-state index contributed by atoms with van der Waals surface area (Å²) in [6.45, 7) is 3.76. The van der Waals surface area contributed by atoms with Gasteiger partial charge in [-0.3, -0.25) is 0 Å². The van der Waals surface area contributed by atoms with Crippen LogP contribution in [0.15, 0.2) is 12.4 Å². The molecular weight excluding hydrogens is 226 g/mol. The van der Waals surface area contributed by atoms with E-state index in [9.17, 15) is 9.90 Å². The molecule has 1 aromatic heterocycles. The zero-order valence-corrected chi connectivity index (χ0v) is 9.66. The van der Waals surface area contributed by atoms with Crippen LogP contribution in [0.1, 0.15) is 19.7 Å². The summed E-state index contributed by atoms with van der Waals surface area (Å²) < 4.78 is 7.47. The van der Waals surface area contributed by atoms with Gasteiger partial charge in [-0.05, 0) is 23.7 Å². The van der Waals surface area contributed by atoms with Gasteiger partial charge in [0.1, 0.15) is 0 Å². The van der Waals surface area contributed by atoms with Crippen molar-refractivity contribution in [2.24, 2.45) is 0 Å². The van der Waals surface area contributed by atoms with Crippen molar-refractivity contribution >= 4 is 11.7 Å². The number of aromatic nitrogens is 3. The topological polar surface area (TPSA) is 77.5 Å². The Labute approximate surface area is 97.8 Å². The first kappa shape index (κ1) is 11.4. The molecule has 2 heterocycles. The Morgan fingerprint density at radius 3 is 3.24 bits per heavy atom. The predicted molar refractivity (Wildman–Crippen MR) is 55.7 cm³/mol. The van der Waals surface area contributed by atoms with Gasteiger partial charge in [-0.25, -0.2) is 4.79 Å². The molecule has 0 bridgehead atoms. The molecule has 0 aromatic carbocycles. The summed E-state index contributed by atoms with van der Waals surface area (Å²) in [4.78, 5) is 16.7. The number of hydrogen-bond acceptors (Lipinski definition) is 5. The van der Waals surface area contributed by atoms with Crippen LogP contribution >= 0.6 is 0 Å². The van der Waals surface area contributed by atoms with Crippen molar-refractivity contribution in [1.82, 2.24) is 9.83 Å². The van der Waals surface area contributed by atoms with Gasteiger partial charge in [0.15, 0.2) is 6.10 Å². The molecule has 1 aromatic rings. The third-order valence-electron chi connectivity index (χ3n) is 2.23. The van der Waals surface area contributed by atoms with Crippen molar-refractivity contribution in [2.75, 3.05) is 6.61 Å². The smallest absolute Gasteiger partial charge is 0.385 e. The van der Waals surface area contributed by atoms with Crippen LogP contribution in [0.2, 0.25) is 0 Å². The van der Waals surface area contributed by atoms with Crippen LogP contribution in [0.25, 0.3) is 5.76 Å². The number of ether oxygens (including phenoxy) is 1. The molecule has 1 aliphatic heterocycles. The molecule has 17 heavy (non-hydrogen) atoms. The molecule has 1 N–H and O–H groups in total. The molecule has 1 aliphatic rings. The van der Waals surface area contributed by atoms with Crippen LogP contribution in [0.4, 0.5) is 0 Å². The molecule has 1 atom stereocenters. The van der Waals surface area contributed by atoms with Crippen LogP contribution < -0.4 is 9.52 Å². The van der Waals surface area contributed by atoms with E-state index in [0.717, 1.165) is 0 Å². The third kappa shape index (κ3) is 2.22. The molecule has 0 radical (unpaired) electrons. The molecule has 7 nitrogen and oxygen atoms in total. The van der Waals surface area contributed by atoms with Crippen molar-refractivity contribution in [3.63, 3.8) is 0 Å². The first-order valence-corrected chi connectivity index (χ1v) is 5.33. The minimum absolute atomic E-state index is 0.0329. The number of hydrogen-bond donors (Lipinski definition) is 1. The second kappa shape index (κ2) is 4.44. The number of aliphatic hydroxyl groups excluding tert-OH is 1. The number of nitrogens with zero attached hydrogens (tertiary/aromatic N) is 3. The van der Waals surface area contributed by atoms with E-state index < -0.39 is 5.97 Å². The lowest BCUT2D eigenvalue weighted by Gasteiger charge is -2.11. The molecule has 2 rings (SSSR count). The lowest BCUT2D eigenvalue weighted by Crippen LogP contribution is -2.46. The fourth-order valence-electron chi connectivity index (χ4n) is 1.61. The monoisotopic (exact) mass is 240 g/mol. The largest absolute Gasteiger partial charge is 0.501 e. The number of rotatable bonds is 3. The number of carbonyl (C=O) groups is 1. The van der Waals surface area contributed by atoms with E-state index in [4.69, 9.17) is 9.57 Å². The van der Waals surface area contributed by atoms with Crippen LogP contribution in [-0.2, 0) is 16.1 Å². The highest BCUT2D eigenvalue weighted by Gasteiger charge is 2.31. The first-order chi connectivity index (χ1) is 8.11. The lowest BCUT2D eigenvalue weighted by molar-refractivity contribution is -0.745. The second-order valence-electron chi connectivity index (χ2n) is 3.61. The Morgan fingerprint density at radius 2 is 2.53 bits per heavy atom. The molecule has 0 aliphatic carbocycles. The maximum absolute atomic E-state index is 11.3. The highest BCUT2D eigenvalue weighted by atomic mass is 16.7. The molecule has 0 spiro atoms. The van der Waals surface area contributed by atoms with Crippen molar-refractivity contribution in [2.45, 2.75) is 26.5 Å². The Balaban J connectivity index is 2.23. The second-order valence-corrected chi connectivity index (χ2v) is 3.61. The maximum Gasteiger partial charge on any atom is 0.385 e. The zero-order valence-electron chi connectivity index (χ0n) is 9.66. The third-order valence-corrected chi connectivity index (χ3v) is 2.23. The van der Waals surface area contributed by atoms with Gasteiger partial charge in [0.05, 0.1) is 6.61 Å². The molecule has 1 unspecified atom stereocenters. The Kier molecular flexibility index (Phi) is 2.99. The highest BCUT2D eigenvalue weighted by Crippen LogP contribution is 2.12. The minimum Gasteiger partial charge on any atom is -0.501 e. The number of carbonyl (C=O) groups excluding carboxylic acids is 1. The first-order valence-electron chi connectivity index (χ1n) is 5.33. The predicted octanol–water partition coefficient (Wildman–Crippen LogP) is -0.537. The molecule has 0 fully saturated rings. The van der Waals surface area contributed by atoms with Crippen LogP contribution in [0.5, 0.6) is 0 Å². The average molecular weight is 240 g/mol. The number of esters is 1. The standard InChI is InChI=1S/C10H13N3O4/c1-3-16-9(15)5-12-10-8(14)4-7(2)17-13(10)6-11-12/h4,6-7H,3,5H2,1-2H3/p+1. The molecular formula is C10H14N3O4+. The quantitative estimate of drug-likeness (QED) is 0.567. The van der Waals surface area contributed by atoms with Crippen molar-refractivity contribution in [3.8, 4) is 0 Å². The summed E-state index contributed by atoms with van der Waals surface area (Å²) in [5, 5.41) is 13.7. The molecule has 0 amide bonds. The summed E-state index contributed by atoms with van der Waals surface area (Å²) in [6, 6.07) is 0. The van der Waals surface area contributed by atoms with E-state index >= 15 is 0 Å². The minimum atomic E-state index is -0.412. The zero-order chi connectivity index (χ0) is 12.4. The molecule has 7 heteroatoms. The van der Waals surface area contributed by atoms with Crippen molar-refractivity contribution in [1.29, 1.82) is 0 Å².